The van der Waals surface area contributed by atoms with Gasteiger partial charge in [-0.1, -0.05) is 0 Å². The highest BCUT2D eigenvalue weighted by atomic mass is 32.1. The fourth-order valence-electron chi connectivity index (χ4n) is 2.22. The largest absolute Gasteiger partial charge is 0.402 e. The lowest BCUT2D eigenvalue weighted by Gasteiger charge is -2.14. The Morgan fingerprint density at radius 2 is 2.08 bits per heavy atom. The molecule has 1 aromatic carbocycles. The first kappa shape index (κ1) is 17.0. The Bertz CT molecular complexity index is 887. The lowest BCUT2D eigenvalue weighted by Crippen LogP contribution is -2.27. The summed E-state index contributed by atoms with van der Waals surface area (Å²) in [7, 11) is 0. The second kappa shape index (κ2) is 6.94. The highest BCUT2D eigenvalue weighted by Gasteiger charge is 2.24. The van der Waals surface area contributed by atoms with E-state index in [9.17, 15) is 14.0 Å². The summed E-state index contributed by atoms with van der Waals surface area (Å²) in [6.07, 6.45) is 1.49. The monoisotopic (exact) mass is 359 g/mol. The average molecular weight is 359 g/mol. The Morgan fingerprint density at radius 1 is 1.36 bits per heavy atom. The van der Waals surface area contributed by atoms with Crippen LogP contribution in [0.2, 0.25) is 0 Å². The Hall–Kier alpha value is -2.87. The summed E-state index contributed by atoms with van der Waals surface area (Å²) in [5.74, 6) is -0.975. The number of halogens is 1. The zero-order chi connectivity index (χ0) is 18.0. The molecule has 2 aromatic rings. The molecule has 0 saturated heterocycles. The van der Waals surface area contributed by atoms with Gasteiger partial charge in [0.2, 0.25) is 11.8 Å². The fourth-order valence-corrected chi connectivity index (χ4v) is 3.11. The van der Waals surface area contributed by atoms with Gasteiger partial charge in [-0.05, 0) is 37.3 Å². The van der Waals surface area contributed by atoms with Crippen LogP contribution in [0.25, 0.3) is 6.08 Å². The third-order valence-corrected chi connectivity index (χ3v) is 4.32. The zero-order valence-corrected chi connectivity index (χ0v) is 14.3. The van der Waals surface area contributed by atoms with Gasteiger partial charge in [0.1, 0.15) is 5.82 Å². The first-order valence-electron chi connectivity index (χ1n) is 7.50. The fraction of sp³-hybridized carbons (Fsp3) is 0.176. The van der Waals surface area contributed by atoms with Crippen molar-refractivity contribution in [2.75, 3.05) is 11.4 Å². The summed E-state index contributed by atoms with van der Waals surface area (Å²) < 4.78 is 18.1. The second-order valence-corrected chi connectivity index (χ2v) is 6.00. The molecule has 0 radical (unpaired) electrons. The van der Waals surface area contributed by atoms with Gasteiger partial charge in [-0.15, -0.1) is 11.3 Å². The van der Waals surface area contributed by atoms with E-state index in [2.05, 4.69) is 9.98 Å². The summed E-state index contributed by atoms with van der Waals surface area (Å²) in [6.45, 7) is 3.83. The van der Waals surface area contributed by atoms with E-state index < -0.39 is 5.97 Å². The first-order chi connectivity index (χ1) is 12.0. The normalized spacial score (nSPS) is 15.2. The van der Waals surface area contributed by atoms with E-state index in [1.54, 1.807) is 5.38 Å². The number of thiazole rings is 1. The molecule has 3 rings (SSSR count). The van der Waals surface area contributed by atoms with Crippen molar-refractivity contribution in [2.45, 2.75) is 13.8 Å². The molecule has 0 unspecified atom stereocenters. The topological polar surface area (TPSA) is 71.9 Å². The Kier molecular flexibility index (Phi) is 4.71. The molecule has 1 aliphatic heterocycles. The van der Waals surface area contributed by atoms with Gasteiger partial charge in [-0.25, -0.2) is 19.2 Å². The van der Waals surface area contributed by atoms with E-state index in [1.165, 1.54) is 53.5 Å². The molecule has 0 atom stereocenters. The lowest BCUT2D eigenvalue weighted by atomic mass is 10.2. The van der Waals surface area contributed by atoms with Gasteiger partial charge in [-0.3, -0.25) is 9.69 Å². The Morgan fingerprint density at radius 3 is 2.72 bits per heavy atom. The van der Waals surface area contributed by atoms with E-state index in [1.807, 2.05) is 6.92 Å². The summed E-state index contributed by atoms with van der Waals surface area (Å²) >= 11 is 1.30. The van der Waals surface area contributed by atoms with Crippen LogP contribution in [0.1, 0.15) is 25.1 Å². The van der Waals surface area contributed by atoms with Crippen molar-refractivity contribution in [2.24, 2.45) is 4.99 Å². The van der Waals surface area contributed by atoms with Crippen molar-refractivity contribution >= 4 is 40.3 Å². The number of amides is 1. The number of hydrogen-bond acceptors (Lipinski definition) is 6. The van der Waals surface area contributed by atoms with Crippen LogP contribution in [0.15, 0.2) is 40.3 Å². The zero-order valence-electron chi connectivity index (χ0n) is 13.5. The maximum atomic E-state index is 13.0. The van der Waals surface area contributed by atoms with Gasteiger partial charge in [0.25, 0.3) is 0 Å². The molecule has 1 amide bonds. The third kappa shape index (κ3) is 3.63. The van der Waals surface area contributed by atoms with Crippen molar-refractivity contribution < 1.29 is 18.7 Å². The molecule has 0 spiro atoms. The number of carbonyl (C=O) groups is 2. The molecule has 25 heavy (non-hydrogen) atoms. The van der Waals surface area contributed by atoms with Crippen LogP contribution in [0.4, 0.5) is 9.52 Å². The molecule has 128 valence electrons. The summed E-state index contributed by atoms with van der Waals surface area (Å²) in [5, 5.41) is 2.28. The quantitative estimate of drug-likeness (QED) is 0.621. The Labute approximate surface area is 147 Å². The van der Waals surface area contributed by atoms with Crippen molar-refractivity contribution in [3.63, 3.8) is 0 Å². The van der Waals surface area contributed by atoms with Gasteiger partial charge in [-0.2, -0.15) is 0 Å². The molecule has 6 nitrogen and oxygen atoms in total. The molecule has 0 aliphatic carbocycles. The van der Waals surface area contributed by atoms with E-state index in [-0.39, 0.29) is 23.3 Å². The standard InChI is InChI=1S/C17H14FN3O3S/c1-3-21(10(2)22)17-19-13(9-25-17)8-14-16(23)24-15(20-14)11-4-6-12(18)7-5-11/h4-9H,3H2,1-2H3/b14-8-. The number of aliphatic imine (C=N–C) groups is 1. The number of anilines is 1. The van der Waals surface area contributed by atoms with E-state index in [4.69, 9.17) is 4.74 Å². The highest BCUT2D eigenvalue weighted by molar-refractivity contribution is 7.14. The summed E-state index contributed by atoms with van der Waals surface area (Å²) in [4.78, 5) is 33.5. The minimum Gasteiger partial charge on any atom is -0.402 e. The predicted octanol–water partition coefficient (Wildman–Crippen LogP) is 3.00. The van der Waals surface area contributed by atoms with Crippen LogP contribution >= 0.6 is 11.3 Å². The predicted molar refractivity (Wildman–Crippen MR) is 92.8 cm³/mol. The van der Waals surface area contributed by atoms with Crippen LogP contribution in [-0.2, 0) is 14.3 Å². The molecule has 0 bridgehead atoms. The van der Waals surface area contributed by atoms with E-state index in [0.717, 1.165) is 0 Å². The van der Waals surface area contributed by atoms with Gasteiger partial charge in [0.15, 0.2) is 10.8 Å². The van der Waals surface area contributed by atoms with Gasteiger partial charge < -0.3 is 4.74 Å². The number of esters is 1. The number of cyclic esters (lactones) is 1. The third-order valence-electron chi connectivity index (χ3n) is 3.43. The number of benzene rings is 1. The van der Waals surface area contributed by atoms with E-state index >= 15 is 0 Å². The molecular formula is C17H14FN3O3S. The highest BCUT2D eigenvalue weighted by Crippen LogP contribution is 2.24. The molecule has 2 heterocycles. The van der Waals surface area contributed by atoms with Crippen LogP contribution in [-0.4, -0.2) is 29.3 Å². The SMILES string of the molecule is CCN(C(C)=O)c1nc(/C=C2\N=C(c3ccc(F)cc3)OC2=O)cs1. The van der Waals surface area contributed by atoms with Crippen LogP contribution < -0.4 is 4.90 Å². The minimum atomic E-state index is -0.604. The molecule has 8 heteroatoms. The van der Waals surface area contributed by atoms with Crippen molar-refractivity contribution in [3.05, 3.63) is 52.4 Å². The second-order valence-electron chi connectivity index (χ2n) is 5.16. The van der Waals surface area contributed by atoms with Gasteiger partial charge in [0.05, 0.1) is 5.69 Å². The lowest BCUT2D eigenvalue weighted by molar-refractivity contribution is -0.130. The maximum Gasteiger partial charge on any atom is 0.363 e. The molecule has 1 aromatic heterocycles. The molecule has 0 fully saturated rings. The smallest absolute Gasteiger partial charge is 0.363 e. The number of carbonyl (C=O) groups excluding carboxylic acids is 2. The van der Waals surface area contributed by atoms with Crippen LogP contribution in [0.5, 0.6) is 0 Å². The van der Waals surface area contributed by atoms with Crippen molar-refractivity contribution in [1.82, 2.24) is 4.98 Å². The van der Waals surface area contributed by atoms with E-state index in [0.29, 0.717) is 22.9 Å². The van der Waals surface area contributed by atoms with Gasteiger partial charge >= 0.3 is 5.97 Å². The molecule has 0 saturated carbocycles. The summed E-state index contributed by atoms with van der Waals surface area (Å²) in [6, 6.07) is 5.50. The number of rotatable bonds is 4. The number of hydrogen-bond donors (Lipinski definition) is 0. The summed E-state index contributed by atoms with van der Waals surface area (Å²) in [5.41, 5.74) is 1.11. The van der Waals surface area contributed by atoms with Crippen LogP contribution in [0.3, 0.4) is 0 Å². The number of nitrogens with zero attached hydrogens (tertiary/aromatic N) is 3. The average Bonchev–Trinajstić information content (AvgIpc) is 3.16. The van der Waals surface area contributed by atoms with Crippen LogP contribution in [0, 0.1) is 5.82 Å². The van der Waals surface area contributed by atoms with Crippen molar-refractivity contribution in [1.29, 1.82) is 0 Å². The molecule has 0 N–H and O–H groups in total. The Balaban J connectivity index is 1.86. The number of ether oxygens (including phenoxy) is 1. The number of aromatic nitrogens is 1. The minimum absolute atomic E-state index is 0.0991. The maximum absolute atomic E-state index is 13.0. The van der Waals surface area contributed by atoms with Crippen molar-refractivity contribution in [3.8, 4) is 0 Å². The molecule has 1 aliphatic rings. The van der Waals surface area contributed by atoms with Gasteiger partial charge in [0, 0.05) is 24.4 Å². The molecular weight excluding hydrogens is 345 g/mol. The first-order valence-corrected chi connectivity index (χ1v) is 8.38.